The van der Waals surface area contributed by atoms with Gasteiger partial charge in [-0.25, -0.2) is 0 Å². The van der Waals surface area contributed by atoms with Gasteiger partial charge in [0, 0.05) is 17.3 Å². The van der Waals surface area contributed by atoms with Gasteiger partial charge < -0.3 is 5.73 Å². The molecule has 2 aromatic rings. The highest BCUT2D eigenvalue weighted by molar-refractivity contribution is 6.30. The largest absolute Gasteiger partial charge is 0.435 e. The number of nitrogens with zero attached hydrogens (tertiary/aromatic N) is 2. The van der Waals surface area contributed by atoms with E-state index in [1.165, 1.54) is 10.9 Å². The molecule has 0 radical (unpaired) electrons. The average molecular weight is 318 g/mol. The van der Waals surface area contributed by atoms with Crippen LogP contribution in [0.4, 0.5) is 13.2 Å². The lowest BCUT2D eigenvalue weighted by molar-refractivity contribution is -0.141. The maximum atomic E-state index is 12.7. The van der Waals surface area contributed by atoms with Crippen LogP contribution < -0.4 is 5.73 Å². The van der Waals surface area contributed by atoms with Crippen LogP contribution >= 0.6 is 11.6 Å². The van der Waals surface area contributed by atoms with Crippen molar-refractivity contribution in [2.45, 2.75) is 31.6 Å². The van der Waals surface area contributed by atoms with E-state index in [9.17, 15) is 13.2 Å². The molecule has 0 bridgehead atoms. The topological polar surface area (TPSA) is 43.8 Å². The number of halogens is 4. The van der Waals surface area contributed by atoms with E-state index < -0.39 is 17.9 Å². The minimum absolute atomic E-state index is 0.371. The van der Waals surface area contributed by atoms with Crippen LogP contribution in [0, 0.1) is 0 Å². The molecule has 0 aliphatic carbocycles. The van der Waals surface area contributed by atoms with E-state index in [1.807, 2.05) is 6.92 Å². The summed E-state index contributed by atoms with van der Waals surface area (Å²) in [5.41, 5.74) is 5.86. The third-order valence-corrected chi connectivity index (χ3v) is 3.49. The van der Waals surface area contributed by atoms with Gasteiger partial charge in [0.25, 0.3) is 0 Å². The molecule has 7 heteroatoms. The molecule has 0 aliphatic heterocycles. The average Bonchev–Trinajstić information content (AvgIpc) is 2.88. The zero-order chi connectivity index (χ0) is 15.6. The van der Waals surface area contributed by atoms with E-state index in [-0.39, 0.29) is 6.04 Å². The molecule has 0 saturated carbocycles. The van der Waals surface area contributed by atoms with Gasteiger partial charge in [-0.15, -0.1) is 0 Å². The van der Waals surface area contributed by atoms with E-state index in [4.69, 9.17) is 17.3 Å². The monoisotopic (exact) mass is 317 g/mol. The molecule has 21 heavy (non-hydrogen) atoms. The normalized spacial score (nSPS) is 15.0. The third kappa shape index (κ3) is 3.57. The second-order valence-electron chi connectivity index (χ2n) is 4.75. The van der Waals surface area contributed by atoms with Crippen LogP contribution in [0.1, 0.15) is 30.6 Å². The maximum Gasteiger partial charge on any atom is 0.435 e. The highest BCUT2D eigenvalue weighted by atomic mass is 35.5. The summed E-state index contributed by atoms with van der Waals surface area (Å²) in [6.45, 7) is 1.87. The molecule has 0 spiro atoms. The molecule has 2 N–H and O–H groups in total. The number of hydrogen-bond acceptors (Lipinski definition) is 2. The standard InChI is InChI=1S/C14H15ClF3N3/c1-2-11(19)13(9-4-3-5-10(15)8-9)21-7-6-12(20-21)14(16,17)18/h3-8,11,13H,2,19H2,1H3. The van der Waals surface area contributed by atoms with Crippen LogP contribution in [0.3, 0.4) is 0 Å². The summed E-state index contributed by atoms with van der Waals surface area (Å²) in [6, 6.07) is 6.98. The van der Waals surface area contributed by atoms with Crippen LogP contribution in [-0.4, -0.2) is 15.8 Å². The maximum absolute atomic E-state index is 12.7. The lowest BCUT2D eigenvalue weighted by Crippen LogP contribution is -2.33. The van der Waals surface area contributed by atoms with Crippen molar-refractivity contribution in [2.24, 2.45) is 5.73 Å². The third-order valence-electron chi connectivity index (χ3n) is 3.25. The van der Waals surface area contributed by atoms with Gasteiger partial charge in [0.1, 0.15) is 0 Å². The fourth-order valence-corrected chi connectivity index (χ4v) is 2.35. The fourth-order valence-electron chi connectivity index (χ4n) is 2.15. The van der Waals surface area contributed by atoms with Crippen molar-refractivity contribution in [3.05, 3.63) is 52.8 Å². The van der Waals surface area contributed by atoms with Crippen molar-refractivity contribution >= 4 is 11.6 Å². The van der Waals surface area contributed by atoms with Gasteiger partial charge in [0.05, 0.1) is 6.04 Å². The first kappa shape index (κ1) is 15.9. The lowest BCUT2D eigenvalue weighted by Gasteiger charge is -2.24. The van der Waals surface area contributed by atoms with Crippen molar-refractivity contribution in [1.82, 2.24) is 9.78 Å². The Kier molecular flexibility index (Phi) is 4.58. The molecule has 0 fully saturated rings. The zero-order valence-corrected chi connectivity index (χ0v) is 12.1. The van der Waals surface area contributed by atoms with Crippen LogP contribution in [0.2, 0.25) is 5.02 Å². The summed E-state index contributed by atoms with van der Waals surface area (Å²) in [4.78, 5) is 0. The van der Waals surface area contributed by atoms with Crippen molar-refractivity contribution in [2.75, 3.05) is 0 Å². The van der Waals surface area contributed by atoms with Crippen LogP contribution in [0.25, 0.3) is 0 Å². The van der Waals surface area contributed by atoms with E-state index in [0.29, 0.717) is 11.4 Å². The van der Waals surface area contributed by atoms with Gasteiger partial charge in [0.2, 0.25) is 0 Å². The van der Waals surface area contributed by atoms with Crippen LogP contribution in [-0.2, 0) is 6.18 Å². The summed E-state index contributed by atoms with van der Waals surface area (Å²) in [6.07, 6.45) is -2.58. The van der Waals surface area contributed by atoms with Crippen molar-refractivity contribution in [3.8, 4) is 0 Å². The first-order chi connectivity index (χ1) is 9.82. The van der Waals surface area contributed by atoms with E-state index in [0.717, 1.165) is 11.6 Å². The predicted molar refractivity (Wildman–Crippen MR) is 75.1 cm³/mol. The Labute approximate surface area is 125 Å². The lowest BCUT2D eigenvalue weighted by atomic mass is 9.98. The van der Waals surface area contributed by atoms with Crippen molar-refractivity contribution in [1.29, 1.82) is 0 Å². The van der Waals surface area contributed by atoms with Gasteiger partial charge in [0.15, 0.2) is 5.69 Å². The number of nitrogens with two attached hydrogens (primary N) is 1. The molecule has 1 aromatic heterocycles. The summed E-state index contributed by atoms with van der Waals surface area (Å²) in [7, 11) is 0. The summed E-state index contributed by atoms with van der Waals surface area (Å²) >= 11 is 5.95. The molecule has 0 saturated heterocycles. The minimum atomic E-state index is -4.47. The first-order valence-corrected chi connectivity index (χ1v) is 6.84. The molecule has 3 nitrogen and oxygen atoms in total. The van der Waals surface area contributed by atoms with Gasteiger partial charge in [-0.05, 0) is 30.2 Å². The highest BCUT2D eigenvalue weighted by Crippen LogP contribution is 2.30. The minimum Gasteiger partial charge on any atom is -0.326 e. The molecule has 1 heterocycles. The Hall–Kier alpha value is -1.53. The number of hydrogen-bond donors (Lipinski definition) is 1. The van der Waals surface area contributed by atoms with E-state index >= 15 is 0 Å². The Balaban J connectivity index is 2.44. The van der Waals surface area contributed by atoms with Gasteiger partial charge in [-0.1, -0.05) is 30.7 Å². The Morgan fingerprint density at radius 1 is 1.33 bits per heavy atom. The molecule has 0 aliphatic rings. The van der Waals surface area contributed by atoms with Crippen LogP contribution in [0.5, 0.6) is 0 Å². The smallest absolute Gasteiger partial charge is 0.326 e. The number of aromatic nitrogens is 2. The zero-order valence-electron chi connectivity index (χ0n) is 11.3. The Morgan fingerprint density at radius 2 is 2.05 bits per heavy atom. The van der Waals surface area contributed by atoms with Crippen molar-refractivity contribution in [3.63, 3.8) is 0 Å². The molecular formula is C14H15ClF3N3. The summed E-state index contributed by atoms with van der Waals surface area (Å²) in [5.74, 6) is 0. The van der Waals surface area contributed by atoms with Gasteiger partial charge >= 0.3 is 6.18 Å². The van der Waals surface area contributed by atoms with Gasteiger partial charge in [-0.3, -0.25) is 4.68 Å². The van der Waals surface area contributed by atoms with Crippen LogP contribution in [0.15, 0.2) is 36.5 Å². The molecule has 2 atom stereocenters. The molecule has 0 amide bonds. The SMILES string of the molecule is CCC(N)C(c1cccc(Cl)c1)n1ccc(C(F)(F)F)n1. The fraction of sp³-hybridized carbons (Fsp3) is 0.357. The van der Waals surface area contributed by atoms with E-state index in [2.05, 4.69) is 5.10 Å². The number of rotatable bonds is 4. The van der Waals surface area contributed by atoms with E-state index in [1.54, 1.807) is 24.3 Å². The predicted octanol–water partition coefficient (Wildman–Crippen LogP) is 3.88. The van der Waals surface area contributed by atoms with Gasteiger partial charge in [-0.2, -0.15) is 18.3 Å². The summed E-state index contributed by atoms with van der Waals surface area (Å²) in [5, 5.41) is 4.13. The Morgan fingerprint density at radius 3 is 2.57 bits per heavy atom. The second kappa shape index (κ2) is 6.07. The summed E-state index contributed by atoms with van der Waals surface area (Å²) < 4.78 is 39.3. The molecule has 2 rings (SSSR count). The molecule has 1 aromatic carbocycles. The molecule has 2 unspecified atom stereocenters. The number of alkyl halides is 3. The quantitative estimate of drug-likeness (QED) is 0.930. The number of benzene rings is 1. The molecular weight excluding hydrogens is 303 g/mol. The first-order valence-electron chi connectivity index (χ1n) is 6.46. The highest BCUT2D eigenvalue weighted by Gasteiger charge is 2.34. The second-order valence-corrected chi connectivity index (χ2v) is 5.19. The van der Waals surface area contributed by atoms with Crippen molar-refractivity contribution < 1.29 is 13.2 Å². The molecule has 114 valence electrons. The Bertz CT molecular complexity index is 610.